The van der Waals surface area contributed by atoms with Crippen molar-refractivity contribution in [3.05, 3.63) is 119 Å². The van der Waals surface area contributed by atoms with Crippen LogP contribution in [-0.4, -0.2) is 40.1 Å². The highest BCUT2D eigenvalue weighted by Gasteiger charge is 2.56. The van der Waals surface area contributed by atoms with Gasteiger partial charge >= 0.3 is 5.97 Å². The van der Waals surface area contributed by atoms with Crippen LogP contribution < -0.4 is 0 Å². The average molecular weight is 453 g/mol. The third kappa shape index (κ3) is 3.88. The minimum absolute atomic E-state index is 0.0554. The quantitative estimate of drug-likeness (QED) is 0.426. The van der Waals surface area contributed by atoms with E-state index < -0.39 is 18.2 Å². The lowest BCUT2D eigenvalue weighted by Gasteiger charge is -2.41. The Morgan fingerprint density at radius 1 is 0.941 bits per heavy atom. The standard InChI is InChI=1S/C28H24N2O4/c1-18(23(20-13-7-3-8-14-20)21-15-9-4-10-16-21)25(28(32)33)30-26(31)24-27(30)34-22(29-24)17-19-11-5-2-6-12-19/h2-16,23-24,27H,17H2,1H3,(H,32,33)/t24-,27-/m0/s1. The number of nitrogens with zero attached hydrogens (tertiary/aromatic N) is 2. The summed E-state index contributed by atoms with van der Waals surface area (Å²) < 4.78 is 5.98. The van der Waals surface area contributed by atoms with Crippen molar-refractivity contribution in [2.75, 3.05) is 0 Å². The Kier molecular flexibility index (Phi) is 5.72. The van der Waals surface area contributed by atoms with Crippen LogP contribution in [0, 0.1) is 0 Å². The Labute approximate surface area is 197 Å². The van der Waals surface area contributed by atoms with E-state index in [9.17, 15) is 14.7 Å². The number of allylic oxidation sites excluding steroid dienone is 1. The van der Waals surface area contributed by atoms with Gasteiger partial charge in [0.2, 0.25) is 6.23 Å². The molecule has 1 fully saturated rings. The number of ether oxygens (including phenoxy) is 1. The van der Waals surface area contributed by atoms with E-state index in [-0.39, 0.29) is 17.5 Å². The molecule has 1 amide bonds. The van der Waals surface area contributed by atoms with E-state index in [1.165, 1.54) is 4.90 Å². The predicted molar refractivity (Wildman–Crippen MR) is 128 cm³/mol. The van der Waals surface area contributed by atoms with Gasteiger partial charge in [-0.15, -0.1) is 0 Å². The molecule has 3 aromatic rings. The zero-order valence-electron chi connectivity index (χ0n) is 18.7. The van der Waals surface area contributed by atoms with Crippen molar-refractivity contribution in [2.24, 2.45) is 4.99 Å². The van der Waals surface area contributed by atoms with Crippen LogP contribution in [-0.2, 0) is 20.7 Å². The first-order chi connectivity index (χ1) is 16.5. The summed E-state index contributed by atoms with van der Waals surface area (Å²) in [7, 11) is 0. The van der Waals surface area contributed by atoms with Gasteiger partial charge in [0.15, 0.2) is 11.9 Å². The van der Waals surface area contributed by atoms with Crippen LogP contribution in [0.1, 0.15) is 29.5 Å². The van der Waals surface area contributed by atoms with E-state index in [1.807, 2.05) is 91.0 Å². The second-order valence-corrected chi connectivity index (χ2v) is 8.44. The maximum absolute atomic E-state index is 13.0. The number of aliphatic carboxylic acids is 1. The van der Waals surface area contributed by atoms with Crippen LogP contribution in [0.15, 0.2) is 107 Å². The van der Waals surface area contributed by atoms with Crippen molar-refractivity contribution >= 4 is 17.8 Å². The molecule has 1 N–H and O–H groups in total. The van der Waals surface area contributed by atoms with Crippen molar-refractivity contribution in [1.29, 1.82) is 0 Å². The molecule has 6 nitrogen and oxygen atoms in total. The van der Waals surface area contributed by atoms with Gasteiger partial charge in [-0.25, -0.2) is 9.79 Å². The molecular weight excluding hydrogens is 428 g/mol. The average Bonchev–Trinajstić information content (AvgIpc) is 3.23. The minimum atomic E-state index is -1.17. The molecule has 1 saturated heterocycles. The first-order valence-corrected chi connectivity index (χ1v) is 11.2. The summed E-state index contributed by atoms with van der Waals surface area (Å²) in [5, 5.41) is 10.2. The third-order valence-electron chi connectivity index (χ3n) is 6.27. The number of fused-ring (bicyclic) bond motifs is 1. The fourth-order valence-corrected chi connectivity index (χ4v) is 4.69. The highest BCUT2D eigenvalue weighted by Crippen LogP contribution is 2.39. The molecule has 2 atom stereocenters. The van der Waals surface area contributed by atoms with Crippen LogP contribution in [0.5, 0.6) is 0 Å². The summed E-state index contributed by atoms with van der Waals surface area (Å²) in [5.41, 5.74) is 3.42. The van der Waals surface area contributed by atoms with Crippen molar-refractivity contribution < 1.29 is 19.4 Å². The molecule has 5 rings (SSSR count). The summed E-state index contributed by atoms with van der Waals surface area (Å²) in [6, 6.07) is 28.4. The lowest BCUT2D eigenvalue weighted by molar-refractivity contribution is -0.162. The van der Waals surface area contributed by atoms with Crippen LogP contribution in [0.25, 0.3) is 0 Å². The number of hydrogen-bond acceptors (Lipinski definition) is 4. The zero-order chi connectivity index (χ0) is 23.7. The van der Waals surface area contributed by atoms with Gasteiger partial charge in [-0.3, -0.25) is 9.69 Å². The number of carbonyl (C=O) groups is 2. The first kappa shape index (κ1) is 21.6. The summed E-state index contributed by atoms with van der Waals surface area (Å²) in [5.74, 6) is -1.40. The number of carboxylic acids is 1. The highest BCUT2D eigenvalue weighted by molar-refractivity contribution is 6.02. The molecule has 0 aromatic heterocycles. The molecule has 2 heterocycles. The number of carboxylic acid groups (broad SMARTS) is 1. The molecule has 34 heavy (non-hydrogen) atoms. The molecule has 2 aliphatic rings. The molecular formula is C28H24N2O4. The van der Waals surface area contributed by atoms with E-state index in [0.29, 0.717) is 17.9 Å². The Morgan fingerprint density at radius 3 is 2.00 bits per heavy atom. The number of amides is 1. The Hall–Kier alpha value is -4.19. The fourth-order valence-electron chi connectivity index (χ4n) is 4.69. The molecule has 0 bridgehead atoms. The number of benzene rings is 3. The van der Waals surface area contributed by atoms with Gasteiger partial charge in [0.1, 0.15) is 5.70 Å². The molecule has 0 aliphatic carbocycles. The highest BCUT2D eigenvalue weighted by atomic mass is 16.5. The van der Waals surface area contributed by atoms with Gasteiger partial charge in [-0.1, -0.05) is 91.0 Å². The second-order valence-electron chi connectivity index (χ2n) is 8.44. The first-order valence-electron chi connectivity index (χ1n) is 11.2. The molecule has 170 valence electrons. The molecule has 2 aliphatic heterocycles. The molecule has 0 spiro atoms. The molecule has 3 aromatic carbocycles. The Morgan fingerprint density at radius 2 is 1.47 bits per heavy atom. The largest absolute Gasteiger partial charge is 0.477 e. The summed E-state index contributed by atoms with van der Waals surface area (Å²) in [6.45, 7) is 1.77. The van der Waals surface area contributed by atoms with E-state index in [2.05, 4.69) is 4.99 Å². The van der Waals surface area contributed by atoms with Gasteiger partial charge < -0.3 is 9.84 Å². The number of rotatable bonds is 7. The number of hydrogen-bond donors (Lipinski definition) is 1. The van der Waals surface area contributed by atoms with E-state index >= 15 is 0 Å². The molecule has 0 unspecified atom stereocenters. The number of carbonyl (C=O) groups excluding carboxylic acids is 1. The molecule has 6 heteroatoms. The van der Waals surface area contributed by atoms with Gasteiger partial charge in [0, 0.05) is 12.3 Å². The zero-order valence-corrected chi connectivity index (χ0v) is 18.7. The normalized spacial score (nSPS) is 19.6. The number of likely N-dealkylation sites (tertiary alicyclic amines) is 1. The predicted octanol–water partition coefficient (Wildman–Crippen LogP) is 4.39. The SMILES string of the molecule is CC(=C(C(=O)O)N1C(=O)[C@@H]2N=C(Cc3ccccc3)O[C@@H]21)C(c1ccccc1)c1ccccc1. The fraction of sp³-hybridized carbons (Fsp3) is 0.179. The lowest BCUT2D eigenvalue weighted by Crippen LogP contribution is -2.63. The smallest absolute Gasteiger partial charge is 0.352 e. The van der Waals surface area contributed by atoms with Crippen molar-refractivity contribution in [3.63, 3.8) is 0 Å². The number of β-lactam (4-membered cyclic amide) rings is 1. The van der Waals surface area contributed by atoms with Crippen molar-refractivity contribution in [3.8, 4) is 0 Å². The van der Waals surface area contributed by atoms with E-state index in [0.717, 1.165) is 16.7 Å². The topological polar surface area (TPSA) is 79.2 Å². The Bertz CT molecular complexity index is 1230. The molecule has 0 saturated carbocycles. The van der Waals surface area contributed by atoms with Crippen LogP contribution in [0.4, 0.5) is 0 Å². The number of aliphatic imine (C=N–C) groups is 1. The maximum Gasteiger partial charge on any atom is 0.352 e. The summed E-state index contributed by atoms with van der Waals surface area (Å²) in [4.78, 5) is 31.2. The maximum atomic E-state index is 13.0. The minimum Gasteiger partial charge on any atom is -0.477 e. The van der Waals surface area contributed by atoms with Gasteiger partial charge in [0.25, 0.3) is 5.91 Å². The van der Waals surface area contributed by atoms with Crippen LogP contribution in [0.3, 0.4) is 0 Å². The van der Waals surface area contributed by atoms with Crippen LogP contribution in [0.2, 0.25) is 0 Å². The van der Waals surface area contributed by atoms with Gasteiger partial charge in [0.05, 0.1) is 0 Å². The van der Waals surface area contributed by atoms with E-state index in [1.54, 1.807) is 6.92 Å². The third-order valence-corrected chi connectivity index (χ3v) is 6.27. The molecule has 0 radical (unpaired) electrons. The van der Waals surface area contributed by atoms with Gasteiger partial charge in [-0.2, -0.15) is 0 Å². The summed E-state index contributed by atoms with van der Waals surface area (Å²) >= 11 is 0. The lowest BCUT2D eigenvalue weighted by atomic mass is 9.83. The monoisotopic (exact) mass is 452 g/mol. The second kappa shape index (κ2) is 8.98. The summed E-state index contributed by atoms with van der Waals surface area (Å²) in [6.07, 6.45) is -0.282. The van der Waals surface area contributed by atoms with Crippen LogP contribution >= 0.6 is 0 Å². The Balaban J connectivity index is 1.49. The van der Waals surface area contributed by atoms with E-state index in [4.69, 9.17) is 4.74 Å². The van der Waals surface area contributed by atoms with Gasteiger partial charge in [-0.05, 0) is 29.2 Å². The van der Waals surface area contributed by atoms with Crippen molar-refractivity contribution in [1.82, 2.24) is 4.90 Å². The van der Waals surface area contributed by atoms with Crippen molar-refractivity contribution in [2.45, 2.75) is 31.5 Å².